The number of aryl methyl sites for hydroxylation is 1. The van der Waals surface area contributed by atoms with Crippen LogP contribution in [-0.4, -0.2) is 35.6 Å². The fourth-order valence-corrected chi connectivity index (χ4v) is 2.39. The number of nitrogens with zero attached hydrogens (tertiary/aromatic N) is 2. The topological polar surface area (TPSA) is 42.1 Å². The van der Waals surface area contributed by atoms with Gasteiger partial charge in [-0.25, -0.2) is 4.98 Å². The molecule has 2 N–H and O–H groups in total. The minimum atomic E-state index is 0.238. The Morgan fingerprint density at radius 3 is 2.62 bits per heavy atom. The van der Waals surface area contributed by atoms with E-state index in [9.17, 15) is 0 Å². The summed E-state index contributed by atoms with van der Waals surface area (Å²) in [5.41, 5.74) is 7.26. The average molecular weight is 241 g/mol. The van der Waals surface area contributed by atoms with Crippen LogP contribution in [0.2, 0.25) is 0 Å². The van der Waals surface area contributed by atoms with Gasteiger partial charge in [0.25, 0.3) is 0 Å². The normalized spacial score (nSPS) is 13.3. The lowest BCUT2D eigenvalue weighted by atomic mass is 10.1. The van der Waals surface area contributed by atoms with E-state index >= 15 is 0 Å². The quantitative estimate of drug-likeness (QED) is 0.794. The van der Waals surface area contributed by atoms with Gasteiger partial charge >= 0.3 is 0 Å². The smallest absolute Gasteiger partial charge is 0.0897 e. The molecule has 0 bridgehead atoms. The lowest BCUT2D eigenvalue weighted by molar-refractivity contribution is 0.289. The number of aromatic nitrogens is 1. The van der Waals surface area contributed by atoms with Crippen molar-refractivity contribution < 1.29 is 0 Å². The second-order valence-electron chi connectivity index (χ2n) is 4.14. The Morgan fingerprint density at radius 2 is 2.12 bits per heavy atom. The first-order valence-electron chi connectivity index (χ1n) is 6.04. The van der Waals surface area contributed by atoms with E-state index in [1.165, 1.54) is 0 Å². The van der Waals surface area contributed by atoms with Crippen molar-refractivity contribution in [2.45, 2.75) is 39.7 Å². The second kappa shape index (κ2) is 6.99. The third-order valence-electron chi connectivity index (χ3n) is 2.85. The van der Waals surface area contributed by atoms with E-state index < -0.39 is 0 Å². The van der Waals surface area contributed by atoms with Gasteiger partial charge in [0.15, 0.2) is 0 Å². The van der Waals surface area contributed by atoms with Crippen molar-refractivity contribution in [2.24, 2.45) is 5.73 Å². The third-order valence-corrected chi connectivity index (χ3v) is 3.67. The summed E-state index contributed by atoms with van der Waals surface area (Å²) < 4.78 is 0. The molecular formula is C12H23N3S. The highest BCUT2D eigenvalue weighted by molar-refractivity contribution is 7.09. The maximum absolute atomic E-state index is 6.11. The van der Waals surface area contributed by atoms with E-state index in [0.717, 1.165) is 43.2 Å². The van der Waals surface area contributed by atoms with Crippen LogP contribution in [0, 0.1) is 6.92 Å². The molecule has 1 heterocycles. The summed E-state index contributed by atoms with van der Waals surface area (Å²) in [6.07, 6.45) is 1.96. The van der Waals surface area contributed by atoms with Crippen LogP contribution in [0.15, 0.2) is 5.38 Å². The van der Waals surface area contributed by atoms with Crippen molar-refractivity contribution in [1.82, 2.24) is 9.88 Å². The maximum Gasteiger partial charge on any atom is 0.0897 e. The van der Waals surface area contributed by atoms with Crippen LogP contribution in [0.1, 0.15) is 31.0 Å². The van der Waals surface area contributed by atoms with Gasteiger partial charge in [0, 0.05) is 17.8 Å². The minimum absolute atomic E-state index is 0.238. The first-order chi connectivity index (χ1) is 7.65. The molecule has 92 valence electrons. The standard InChI is InChI=1S/C12H23N3S/c1-4-15(5-2)7-6-11(13)8-12-9-16-10(3)14-12/h9,11H,4-8,13H2,1-3H3. The Morgan fingerprint density at radius 1 is 1.44 bits per heavy atom. The van der Waals surface area contributed by atoms with Crippen molar-refractivity contribution in [3.63, 3.8) is 0 Å². The second-order valence-corrected chi connectivity index (χ2v) is 5.20. The van der Waals surface area contributed by atoms with Gasteiger partial charge in [-0.1, -0.05) is 13.8 Å². The molecule has 1 aromatic heterocycles. The van der Waals surface area contributed by atoms with Gasteiger partial charge in [0.2, 0.25) is 0 Å². The summed E-state index contributed by atoms with van der Waals surface area (Å²) in [6, 6.07) is 0.238. The highest BCUT2D eigenvalue weighted by Crippen LogP contribution is 2.10. The molecule has 1 atom stereocenters. The lowest BCUT2D eigenvalue weighted by Crippen LogP contribution is -2.31. The monoisotopic (exact) mass is 241 g/mol. The molecule has 0 aliphatic rings. The first kappa shape index (κ1) is 13.6. The van der Waals surface area contributed by atoms with Gasteiger partial charge in [-0.15, -0.1) is 11.3 Å². The van der Waals surface area contributed by atoms with Crippen LogP contribution in [0.4, 0.5) is 0 Å². The molecule has 3 nitrogen and oxygen atoms in total. The van der Waals surface area contributed by atoms with Gasteiger partial charge in [-0.05, 0) is 33.0 Å². The van der Waals surface area contributed by atoms with Crippen molar-refractivity contribution in [3.05, 3.63) is 16.1 Å². The molecule has 0 saturated carbocycles. The molecule has 0 radical (unpaired) electrons. The number of thiazole rings is 1. The zero-order chi connectivity index (χ0) is 12.0. The zero-order valence-corrected chi connectivity index (χ0v) is 11.4. The van der Waals surface area contributed by atoms with Crippen LogP contribution in [0.25, 0.3) is 0 Å². The fraction of sp³-hybridized carbons (Fsp3) is 0.750. The van der Waals surface area contributed by atoms with Crippen LogP contribution in [0.3, 0.4) is 0 Å². The first-order valence-corrected chi connectivity index (χ1v) is 6.92. The Bertz CT molecular complexity index is 294. The number of nitrogens with two attached hydrogens (primary N) is 1. The summed E-state index contributed by atoms with van der Waals surface area (Å²) in [7, 11) is 0. The van der Waals surface area contributed by atoms with Gasteiger partial charge < -0.3 is 10.6 Å². The zero-order valence-electron chi connectivity index (χ0n) is 10.6. The van der Waals surface area contributed by atoms with E-state index in [1.807, 2.05) is 6.92 Å². The van der Waals surface area contributed by atoms with E-state index in [1.54, 1.807) is 11.3 Å². The van der Waals surface area contributed by atoms with E-state index in [2.05, 4.69) is 29.1 Å². The summed E-state index contributed by atoms with van der Waals surface area (Å²) in [5, 5.41) is 3.25. The molecule has 0 spiro atoms. The molecule has 0 fully saturated rings. The third kappa shape index (κ3) is 4.60. The molecule has 16 heavy (non-hydrogen) atoms. The molecule has 0 aliphatic carbocycles. The predicted octanol–water partition coefficient (Wildman–Crippen LogP) is 2.05. The molecule has 0 saturated heterocycles. The molecule has 0 aromatic carbocycles. The molecule has 4 heteroatoms. The summed E-state index contributed by atoms with van der Waals surface area (Å²) in [5.74, 6) is 0. The molecule has 0 amide bonds. The summed E-state index contributed by atoms with van der Waals surface area (Å²) in [6.45, 7) is 9.74. The van der Waals surface area contributed by atoms with Gasteiger partial charge in [-0.3, -0.25) is 0 Å². The number of hydrogen-bond acceptors (Lipinski definition) is 4. The van der Waals surface area contributed by atoms with E-state index in [-0.39, 0.29) is 6.04 Å². The molecule has 1 rings (SSSR count). The van der Waals surface area contributed by atoms with Crippen LogP contribution in [0.5, 0.6) is 0 Å². The Balaban J connectivity index is 2.27. The maximum atomic E-state index is 6.11. The SMILES string of the molecule is CCN(CC)CCC(N)Cc1csc(C)n1. The van der Waals surface area contributed by atoms with Crippen LogP contribution in [-0.2, 0) is 6.42 Å². The predicted molar refractivity (Wildman–Crippen MR) is 70.9 cm³/mol. The summed E-state index contributed by atoms with van der Waals surface area (Å²) in [4.78, 5) is 6.85. The fourth-order valence-electron chi connectivity index (χ4n) is 1.76. The van der Waals surface area contributed by atoms with Gasteiger partial charge in [0.1, 0.15) is 0 Å². The average Bonchev–Trinajstić information content (AvgIpc) is 2.65. The molecule has 1 unspecified atom stereocenters. The molecular weight excluding hydrogens is 218 g/mol. The largest absolute Gasteiger partial charge is 0.327 e. The Hall–Kier alpha value is -0.450. The van der Waals surface area contributed by atoms with Gasteiger partial charge in [0.05, 0.1) is 10.7 Å². The summed E-state index contributed by atoms with van der Waals surface area (Å²) >= 11 is 1.70. The van der Waals surface area contributed by atoms with E-state index in [0.29, 0.717) is 0 Å². The van der Waals surface area contributed by atoms with Crippen molar-refractivity contribution in [1.29, 1.82) is 0 Å². The molecule has 0 aliphatic heterocycles. The van der Waals surface area contributed by atoms with Crippen LogP contribution >= 0.6 is 11.3 Å². The van der Waals surface area contributed by atoms with E-state index in [4.69, 9.17) is 5.73 Å². The van der Waals surface area contributed by atoms with Gasteiger partial charge in [-0.2, -0.15) is 0 Å². The van der Waals surface area contributed by atoms with Crippen molar-refractivity contribution in [3.8, 4) is 0 Å². The van der Waals surface area contributed by atoms with Crippen molar-refractivity contribution >= 4 is 11.3 Å². The Kier molecular flexibility index (Phi) is 5.95. The minimum Gasteiger partial charge on any atom is -0.327 e. The lowest BCUT2D eigenvalue weighted by Gasteiger charge is -2.20. The molecule has 1 aromatic rings. The highest BCUT2D eigenvalue weighted by atomic mass is 32.1. The Labute approximate surface area is 103 Å². The van der Waals surface area contributed by atoms with Crippen LogP contribution < -0.4 is 5.73 Å². The number of rotatable bonds is 7. The number of hydrogen-bond donors (Lipinski definition) is 1. The highest BCUT2D eigenvalue weighted by Gasteiger charge is 2.08. The van der Waals surface area contributed by atoms with Crippen molar-refractivity contribution in [2.75, 3.05) is 19.6 Å².